The fourth-order valence-electron chi connectivity index (χ4n) is 3.41. The molecule has 0 radical (unpaired) electrons. The van der Waals surface area contributed by atoms with Crippen molar-refractivity contribution in [3.05, 3.63) is 59.2 Å². The number of aromatic nitrogens is 2. The fraction of sp³-hybridized carbons (Fsp3) is 0.333. The van der Waals surface area contributed by atoms with Crippen molar-refractivity contribution in [3.8, 4) is 11.5 Å². The molecular weight excluding hydrogens is 422 g/mol. The molecule has 30 heavy (non-hydrogen) atoms. The number of rotatable bonds is 6. The molecule has 1 saturated heterocycles. The third-order valence-electron chi connectivity index (χ3n) is 4.74. The molecule has 0 amide bonds. The number of benzene rings is 2. The van der Waals surface area contributed by atoms with E-state index in [9.17, 15) is 8.42 Å². The van der Waals surface area contributed by atoms with E-state index in [0.717, 1.165) is 5.75 Å². The van der Waals surface area contributed by atoms with Crippen LogP contribution in [0.1, 0.15) is 16.7 Å². The van der Waals surface area contributed by atoms with Gasteiger partial charge in [0.05, 0.1) is 18.1 Å². The maximum atomic E-state index is 12.9. The monoisotopic (exact) mass is 445 g/mol. The van der Waals surface area contributed by atoms with Gasteiger partial charge < -0.3 is 9.15 Å². The van der Waals surface area contributed by atoms with E-state index in [1.165, 1.54) is 32.8 Å². The van der Waals surface area contributed by atoms with E-state index in [1.807, 2.05) is 0 Å². The highest BCUT2D eigenvalue weighted by Gasteiger charge is 2.26. The third-order valence-corrected chi connectivity index (χ3v) is 7.52. The van der Waals surface area contributed by atoms with Crippen LogP contribution in [0, 0.1) is 13.8 Å². The number of thioether (sulfide) groups is 1. The third kappa shape index (κ3) is 4.75. The number of nitrogens with zero attached hydrogens (tertiary/aromatic N) is 3. The topological polar surface area (TPSA) is 85.5 Å². The zero-order valence-electron chi connectivity index (χ0n) is 16.9. The Hall–Kier alpha value is -2.20. The molecule has 2 aromatic carbocycles. The fourth-order valence-corrected chi connectivity index (χ4v) is 5.56. The lowest BCUT2D eigenvalue weighted by molar-refractivity contribution is 0.0730. The Bertz CT molecular complexity index is 1120. The molecule has 0 saturated carbocycles. The summed E-state index contributed by atoms with van der Waals surface area (Å²) in [5.41, 5.74) is 4.20. The molecule has 4 rings (SSSR count). The maximum Gasteiger partial charge on any atom is 0.277 e. The number of morpholine rings is 1. The van der Waals surface area contributed by atoms with Crippen molar-refractivity contribution in [1.29, 1.82) is 0 Å². The summed E-state index contributed by atoms with van der Waals surface area (Å²) in [5, 5.41) is 8.66. The summed E-state index contributed by atoms with van der Waals surface area (Å²) >= 11 is 1.46. The smallest absolute Gasteiger partial charge is 0.277 e. The van der Waals surface area contributed by atoms with Crippen molar-refractivity contribution < 1.29 is 17.6 Å². The molecule has 0 atom stereocenters. The van der Waals surface area contributed by atoms with Crippen LogP contribution in [0.5, 0.6) is 0 Å². The molecule has 0 aliphatic carbocycles. The van der Waals surface area contributed by atoms with Crippen molar-refractivity contribution >= 4 is 21.8 Å². The quantitative estimate of drug-likeness (QED) is 0.535. The molecule has 0 N–H and O–H groups in total. The molecule has 2 heterocycles. The van der Waals surface area contributed by atoms with Crippen LogP contribution in [0.2, 0.25) is 0 Å². The average molecular weight is 446 g/mol. The zero-order chi connectivity index (χ0) is 21.1. The highest BCUT2D eigenvalue weighted by Crippen LogP contribution is 2.28. The predicted octanol–water partition coefficient (Wildman–Crippen LogP) is 3.67. The summed E-state index contributed by atoms with van der Waals surface area (Å²) in [6, 6.07) is 13.0. The number of hydrogen-bond acceptors (Lipinski definition) is 7. The van der Waals surface area contributed by atoms with Crippen molar-refractivity contribution in [2.75, 3.05) is 26.3 Å². The number of aryl methyl sites for hydroxylation is 2. The van der Waals surface area contributed by atoms with Gasteiger partial charge in [0, 0.05) is 24.4 Å². The van der Waals surface area contributed by atoms with Gasteiger partial charge in [-0.25, -0.2) is 8.42 Å². The molecule has 158 valence electrons. The lowest BCUT2D eigenvalue weighted by Crippen LogP contribution is -2.40. The van der Waals surface area contributed by atoms with E-state index < -0.39 is 10.0 Å². The van der Waals surface area contributed by atoms with Crippen LogP contribution >= 0.6 is 11.8 Å². The van der Waals surface area contributed by atoms with E-state index in [2.05, 4.69) is 42.2 Å². The summed E-state index contributed by atoms with van der Waals surface area (Å²) in [4.78, 5) is 0.213. The SMILES string of the molecule is Cc1cc(C)cc(CSc2nnc(-c3cccc(S(=O)(=O)N4CCOCC4)c3)o2)c1. The standard InChI is InChI=1S/C21H23N3O4S2/c1-15-10-16(2)12-17(11-15)14-29-21-23-22-20(28-21)18-4-3-5-19(13-18)30(25,26)24-6-8-27-9-7-24/h3-5,10-13H,6-9,14H2,1-2H3. The van der Waals surface area contributed by atoms with Crippen molar-refractivity contribution in [2.24, 2.45) is 0 Å². The molecule has 3 aromatic rings. The number of sulfonamides is 1. The van der Waals surface area contributed by atoms with Crippen LogP contribution < -0.4 is 0 Å². The molecule has 1 fully saturated rings. The van der Waals surface area contributed by atoms with Gasteiger partial charge in [-0.15, -0.1) is 10.2 Å². The van der Waals surface area contributed by atoms with Crippen LogP contribution in [-0.2, 0) is 20.5 Å². The van der Waals surface area contributed by atoms with E-state index in [0.29, 0.717) is 43.0 Å². The Labute approximate surface area is 180 Å². The zero-order valence-corrected chi connectivity index (χ0v) is 18.5. The predicted molar refractivity (Wildman–Crippen MR) is 115 cm³/mol. The highest BCUT2D eigenvalue weighted by molar-refractivity contribution is 7.98. The minimum Gasteiger partial charge on any atom is -0.411 e. The van der Waals surface area contributed by atoms with Crippen molar-refractivity contribution in [2.45, 2.75) is 29.7 Å². The Morgan fingerprint density at radius 1 is 1.03 bits per heavy atom. The van der Waals surface area contributed by atoms with E-state index in [-0.39, 0.29) is 4.90 Å². The molecule has 1 aliphatic rings. The first-order chi connectivity index (χ1) is 14.4. The molecule has 0 unspecified atom stereocenters. The summed E-state index contributed by atoms with van der Waals surface area (Å²) in [5.74, 6) is 1.02. The highest BCUT2D eigenvalue weighted by atomic mass is 32.2. The molecule has 9 heteroatoms. The maximum absolute atomic E-state index is 12.9. The van der Waals surface area contributed by atoms with Gasteiger partial charge in [-0.3, -0.25) is 0 Å². The summed E-state index contributed by atoms with van der Waals surface area (Å²) in [7, 11) is -3.58. The van der Waals surface area contributed by atoms with E-state index in [1.54, 1.807) is 24.3 Å². The van der Waals surface area contributed by atoms with Gasteiger partial charge in [-0.1, -0.05) is 47.2 Å². The Morgan fingerprint density at radius 3 is 2.50 bits per heavy atom. The second kappa shape index (κ2) is 8.89. The minimum atomic E-state index is -3.58. The molecule has 0 bridgehead atoms. The molecule has 7 nitrogen and oxygen atoms in total. The van der Waals surface area contributed by atoms with Crippen molar-refractivity contribution in [3.63, 3.8) is 0 Å². The van der Waals surface area contributed by atoms with Gasteiger partial charge in [0.2, 0.25) is 15.9 Å². The second-order valence-electron chi connectivity index (χ2n) is 7.20. The lowest BCUT2D eigenvalue weighted by atomic mass is 10.1. The van der Waals surface area contributed by atoms with Crippen LogP contribution in [0.25, 0.3) is 11.5 Å². The van der Waals surface area contributed by atoms with Crippen LogP contribution in [0.4, 0.5) is 0 Å². The minimum absolute atomic E-state index is 0.213. The van der Waals surface area contributed by atoms with Gasteiger partial charge in [-0.2, -0.15) is 4.31 Å². The Morgan fingerprint density at radius 2 is 1.77 bits per heavy atom. The second-order valence-corrected chi connectivity index (χ2v) is 10.1. The molecule has 1 aliphatic heterocycles. The van der Waals surface area contributed by atoms with Crippen molar-refractivity contribution in [1.82, 2.24) is 14.5 Å². The number of ether oxygens (including phenoxy) is 1. The van der Waals surface area contributed by atoms with Gasteiger partial charge in [0.15, 0.2) is 0 Å². The van der Waals surface area contributed by atoms with E-state index >= 15 is 0 Å². The first kappa shape index (κ1) is 21.0. The molecule has 1 aromatic heterocycles. The van der Waals surface area contributed by atoms with Crippen LogP contribution in [0.15, 0.2) is 57.0 Å². The lowest BCUT2D eigenvalue weighted by Gasteiger charge is -2.26. The average Bonchev–Trinajstić information content (AvgIpc) is 3.21. The van der Waals surface area contributed by atoms with Crippen LogP contribution in [0.3, 0.4) is 0 Å². The summed E-state index contributed by atoms with van der Waals surface area (Å²) in [6.07, 6.45) is 0. The summed E-state index contributed by atoms with van der Waals surface area (Å²) in [6.45, 7) is 5.67. The first-order valence-electron chi connectivity index (χ1n) is 9.64. The van der Waals surface area contributed by atoms with Crippen LogP contribution in [-0.4, -0.2) is 49.2 Å². The summed E-state index contributed by atoms with van der Waals surface area (Å²) < 4.78 is 38.2. The molecule has 0 spiro atoms. The van der Waals surface area contributed by atoms with Gasteiger partial charge in [-0.05, 0) is 37.6 Å². The van der Waals surface area contributed by atoms with Gasteiger partial charge in [0.25, 0.3) is 5.22 Å². The Kier molecular flexibility index (Phi) is 6.24. The van der Waals surface area contributed by atoms with Gasteiger partial charge >= 0.3 is 0 Å². The Balaban J connectivity index is 1.50. The number of hydrogen-bond donors (Lipinski definition) is 0. The van der Waals surface area contributed by atoms with E-state index in [4.69, 9.17) is 9.15 Å². The normalized spacial score (nSPS) is 15.4. The first-order valence-corrected chi connectivity index (χ1v) is 12.1. The molecular formula is C21H23N3O4S2. The van der Waals surface area contributed by atoms with Gasteiger partial charge in [0.1, 0.15) is 0 Å². The largest absolute Gasteiger partial charge is 0.411 e.